The van der Waals surface area contributed by atoms with Crippen molar-refractivity contribution in [3.63, 3.8) is 0 Å². The molecule has 0 bridgehead atoms. The summed E-state index contributed by atoms with van der Waals surface area (Å²) in [7, 11) is 0. The van der Waals surface area contributed by atoms with Gasteiger partial charge in [0.05, 0.1) is 6.04 Å². The summed E-state index contributed by atoms with van der Waals surface area (Å²) in [6.45, 7) is 3.61. The van der Waals surface area contributed by atoms with Crippen molar-refractivity contribution in [2.45, 2.75) is 32.3 Å². The molecule has 1 aromatic carbocycles. The Balaban J connectivity index is 2.00. The lowest BCUT2D eigenvalue weighted by molar-refractivity contribution is -0.274. The van der Waals surface area contributed by atoms with Gasteiger partial charge in [-0.3, -0.25) is 4.79 Å². The third-order valence-corrected chi connectivity index (χ3v) is 3.27. The van der Waals surface area contributed by atoms with E-state index in [-0.39, 0.29) is 17.7 Å². The molecule has 1 fully saturated rings. The Morgan fingerprint density at radius 3 is 2.62 bits per heavy atom. The zero-order valence-electron chi connectivity index (χ0n) is 11.6. The Hall–Kier alpha value is -1.76. The largest absolute Gasteiger partial charge is 0.573 e. The molecule has 1 atom stereocenters. The lowest BCUT2D eigenvalue weighted by Crippen LogP contribution is -2.41. The van der Waals surface area contributed by atoms with E-state index in [2.05, 4.69) is 10.1 Å². The average molecular weight is 302 g/mol. The second-order valence-corrected chi connectivity index (χ2v) is 4.98. The van der Waals surface area contributed by atoms with Crippen LogP contribution in [0.2, 0.25) is 0 Å². The van der Waals surface area contributed by atoms with E-state index in [1.54, 1.807) is 11.8 Å². The van der Waals surface area contributed by atoms with Crippen LogP contribution in [0.3, 0.4) is 0 Å². The predicted octanol–water partition coefficient (Wildman–Crippen LogP) is 2.30. The molecule has 0 saturated carbocycles. The summed E-state index contributed by atoms with van der Waals surface area (Å²) in [4.78, 5) is 13.8. The highest BCUT2D eigenvalue weighted by molar-refractivity contribution is 5.81. The first-order valence-corrected chi connectivity index (χ1v) is 6.72. The summed E-state index contributed by atoms with van der Waals surface area (Å²) in [6, 6.07) is 5.36. The van der Waals surface area contributed by atoms with E-state index >= 15 is 0 Å². The molecule has 1 unspecified atom stereocenters. The molecule has 21 heavy (non-hydrogen) atoms. The number of ether oxygens (including phenoxy) is 1. The highest BCUT2D eigenvalue weighted by Crippen LogP contribution is 2.23. The van der Waals surface area contributed by atoms with Crippen molar-refractivity contribution in [3.8, 4) is 5.75 Å². The number of benzene rings is 1. The van der Waals surface area contributed by atoms with Crippen LogP contribution < -0.4 is 10.1 Å². The van der Waals surface area contributed by atoms with Gasteiger partial charge < -0.3 is 15.0 Å². The Morgan fingerprint density at radius 2 is 2.00 bits per heavy atom. The van der Waals surface area contributed by atoms with E-state index in [9.17, 15) is 18.0 Å². The van der Waals surface area contributed by atoms with Crippen LogP contribution in [-0.4, -0.2) is 36.3 Å². The van der Waals surface area contributed by atoms with Crippen LogP contribution >= 0.6 is 0 Å². The normalized spacial score (nSPS) is 20.3. The topological polar surface area (TPSA) is 41.6 Å². The van der Waals surface area contributed by atoms with Gasteiger partial charge in [-0.25, -0.2) is 0 Å². The van der Waals surface area contributed by atoms with Crippen molar-refractivity contribution in [2.24, 2.45) is 0 Å². The smallest absolute Gasteiger partial charge is 0.406 e. The van der Waals surface area contributed by atoms with Gasteiger partial charge in [-0.15, -0.1) is 13.2 Å². The molecule has 1 N–H and O–H groups in total. The van der Waals surface area contributed by atoms with Crippen molar-refractivity contribution >= 4 is 5.91 Å². The molecule has 116 valence electrons. The van der Waals surface area contributed by atoms with Gasteiger partial charge in [0.2, 0.25) is 5.91 Å². The van der Waals surface area contributed by atoms with E-state index in [0.717, 1.165) is 18.5 Å². The van der Waals surface area contributed by atoms with Crippen LogP contribution in [0, 0.1) is 0 Å². The zero-order valence-corrected chi connectivity index (χ0v) is 11.6. The van der Waals surface area contributed by atoms with Crippen molar-refractivity contribution in [3.05, 3.63) is 29.8 Å². The zero-order chi connectivity index (χ0) is 15.5. The highest BCUT2D eigenvalue weighted by atomic mass is 19.4. The van der Waals surface area contributed by atoms with E-state index in [0.29, 0.717) is 13.1 Å². The quantitative estimate of drug-likeness (QED) is 0.931. The number of carbonyl (C=O) groups excluding carboxylic acids is 1. The molecular formula is C14H17F3N2O2. The first-order chi connectivity index (χ1) is 9.85. The molecule has 4 nitrogen and oxygen atoms in total. The number of halogens is 3. The first kappa shape index (κ1) is 15.6. The summed E-state index contributed by atoms with van der Waals surface area (Å²) < 4.78 is 40.0. The van der Waals surface area contributed by atoms with Gasteiger partial charge in [-0.05, 0) is 37.6 Å². The SMILES string of the molecule is CC1NCCCN(Cc2ccc(OC(F)(F)F)cc2)C1=O. The monoisotopic (exact) mass is 302 g/mol. The standard InChI is InChI=1S/C14H17F3N2O2/c1-10-13(20)19(8-2-7-18-10)9-11-3-5-12(6-4-11)21-14(15,16)17/h3-6,10,18H,2,7-9H2,1H3. The van der Waals surface area contributed by atoms with E-state index in [4.69, 9.17) is 0 Å². The van der Waals surface area contributed by atoms with Gasteiger partial charge >= 0.3 is 6.36 Å². The second-order valence-electron chi connectivity index (χ2n) is 4.98. The Morgan fingerprint density at radius 1 is 1.33 bits per heavy atom. The molecular weight excluding hydrogens is 285 g/mol. The summed E-state index contributed by atoms with van der Waals surface area (Å²) in [5.74, 6) is -0.258. The number of hydrogen-bond donors (Lipinski definition) is 1. The number of hydrogen-bond acceptors (Lipinski definition) is 3. The maximum absolute atomic E-state index is 12.1. The summed E-state index contributed by atoms with van der Waals surface area (Å²) in [5.41, 5.74) is 0.770. The molecule has 1 amide bonds. The van der Waals surface area contributed by atoms with Crippen LogP contribution in [-0.2, 0) is 11.3 Å². The molecule has 1 aliphatic heterocycles. The minimum absolute atomic E-state index is 0.00289. The van der Waals surface area contributed by atoms with Gasteiger partial charge in [0, 0.05) is 13.1 Å². The number of amides is 1. The molecule has 1 saturated heterocycles. The minimum atomic E-state index is -4.69. The molecule has 0 aromatic heterocycles. The summed E-state index contributed by atoms with van der Waals surface area (Å²) >= 11 is 0. The maximum Gasteiger partial charge on any atom is 0.573 e. The first-order valence-electron chi connectivity index (χ1n) is 6.72. The van der Waals surface area contributed by atoms with Crippen molar-refractivity contribution in [2.75, 3.05) is 13.1 Å². The average Bonchev–Trinajstić information content (AvgIpc) is 2.55. The molecule has 0 aliphatic carbocycles. The summed E-state index contributed by atoms with van der Waals surface area (Å²) in [6.07, 6.45) is -3.84. The number of rotatable bonds is 3. The number of alkyl halides is 3. The highest BCUT2D eigenvalue weighted by Gasteiger charge is 2.31. The molecule has 0 radical (unpaired) electrons. The van der Waals surface area contributed by atoms with Crippen LogP contribution in [0.25, 0.3) is 0 Å². The van der Waals surface area contributed by atoms with Gasteiger partial charge in [0.15, 0.2) is 0 Å². The van der Waals surface area contributed by atoms with Gasteiger partial charge in [-0.1, -0.05) is 12.1 Å². The Kier molecular flexibility index (Phi) is 4.72. The molecule has 7 heteroatoms. The van der Waals surface area contributed by atoms with Crippen LogP contribution in [0.1, 0.15) is 18.9 Å². The Labute approximate surface area is 120 Å². The van der Waals surface area contributed by atoms with E-state index in [1.165, 1.54) is 24.3 Å². The fourth-order valence-electron chi connectivity index (χ4n) is 2.23. The van der Waals surface area contributed by atoms with Crippen molar-refractivity contribution < 1.29 is 22.7 Å². The van der Waals surface area contributed by atoms with Crippen molar-refractivity contribution in [1.82, 2.24) is 10.2 Å². The van der Waals surface area contributed by atoms with Crippen LogP contribution in [0.15, 0.2) is 24.3 Å². The lowest BCUT2D eigenvalue weighted by Gasteiger charge is -2.22. The number of nitrogens with zero attached hydrogens (tertiary/aromatic N) is 1. The number of carbonyl (C=O) groups is 1. The van der Waals surface area contributed by atoms with Gasteiger partial charge in [0.25, 0.3) is 0 Å². The van der Waals surface area contributed by atoms with Gasteiger partial charge in [0.1, 0.15) is 5.75 Å². The molecule has 0 spiro atoms. The van der Waals surface area contributed by atoms with E-state index < -0.39 is 6.36 Å². The number of nitrogens with one attached hydrogen (secondary N) is 1. The third-order valence-electron chi connectivity index (χ3n) is 3.27. The molecule has 1 aliphatic rings. The fraction of sp³-hybridized carbons (Fsp3) is 0.500. The van der Waals surface area contributed by atoms with Gasteiger partial charge in [-0.2, -0.15) is 0 Å². The lowest BCUT2D eigenvalue weighted by atomic mass is 10.2. The van der Waals surface area contributed by atoms with E-state index in [1.807, 2.05) is 0 Å². The maximum atomic E-state index is 12.1. The Bertz CT molecular complexity index is 488. The van der Waals surface area contributed by atoms with Crippen LogP contribution in [0.4, 0.5) is 13.2 Å². The fourth-order valence-corrected chi connectivity index (χ4v) is 2.23. The molecule has 1 heterocycles. The predicted molar refractivity (Wildman–Crippen MR) is 70.6 cm³/mol. The third kappa shape index (κ3) is 4.63. The minimum Gasteiger partial charge on any atom is -0.406 e. The molecule has 1 aromatic rings. The van der Waals surface area contributed by atoms with Crippen LogP contribution in [0.5, 0.6) is 5.75 Å². The van der Waals surface area contributed by atoms with Crippen molar-refractivity contribution in [1.29, 1.82) is 0 Å². The summed E-state index contributed by atoms with van der Waals surface area (Å²) in [5, 5.41) is 3.11. The molecule has 2 rings (SSSR count). The second kappa shape index (κ2) is 6.34.